The number of carbonyl (C=O) groups is 2. The van der Waals surface area contributed by atoms with Gasteiger partial charge in [-0.25, -0.2) is 0 Å². The van der Waals surface area contributed by atoms with Crippen LogP contribution in [0.2, 0.25) is 0 Å². The van der Waals surface area contributed by atoms with E-state index in [9.17, 15) is 9.59 Å². The van der Waals surface area contributed by atoms with Gasteiger partial charge in [0, 0.05) is 38.8 Å². The Bertz CT molecular complexity index is 422. The number of piperidine rings is 1. The van der Waals surface area contributed by atoms with Crippen LogP contribution < -0.4 is 5.32 Å². The summed E-state index contributed by atoms with van der Waals surface area (Å²) in [4.78, 5) is 26.9. The van der Waals surface area contributed by atoms with Crippen LogP contribution in [0.15, 0.2) is 0 Å². The maximum absolute atomic E-state index is 12.8. The van der Waals surface area contributed by atoms with E-state index in [1.165, 1.54) is 0 Å². The standard InChI is InChI=1S/C17H28N2O3/c1-22-12-9-17(7-2-8-17)16(21)19-10-5-13(6-11-19)15(20)18-14-3-4-14/h13-14H,2-12H2,1H3,(H,18,20). The molecule has 0 spiro atoms. The molecule has 0 radical (unpaired) electrons. The Labute approximate surface area is 132 Å². The molecule has 22 heavy (non-hydrogen) atoms. The summed E-state index contributed by atoms with van der Waals surface area (Å²) in [6.07, 6.45) is 7.86. The van der Waals surface area contributed by atoms with Gasteiger partial charge in [0.05, 0.1) is 5.41 Å². The van der Waals surface area contributed by atoms with E-state index < -0.39 is 0 Å². The predicted molar refractivity (Wildman–Crippen MR) is 83.2 cm³/mol. The summed E-state index contributed by atoms with van der Waals surface area (Å²) >= 11 is 0. The third kappa shape index (κ3) is 3.29. The van der Waals surface area contributed by atoms with E-state index in [-0.39, 0.29) is 17.2 Å². The largest absolute Gasteiger partial charge is 0.385 e. The molecule has 0 atom stereocenters. The third-order valence-electron chi connectivity index (χ3n) is 5.63. The minimum absolute atomic E-state index is 0.0981. The molecule has 5 nitrogen and oxygen atoms in total. The summed E-state index contributed by atoms with van der Waals surface area (Å²) in [5.41, 5.74) is -0.168. The van der Waals surface area contributed by atoms with Gasteiger partial charge in [0.15, 0.2) is 0 Å². The van der Waals surface area contributed by atoms with Crippen LogP contribution in [0.4, 0.5) is 0 Å². The summed E-state index contributed by atoms with van der Waals surface area (Å²) < 4.78 is 5.18. The number of rotatable bonds is 6. The smallest absolute Gasteiger partial charge is 0.228 e. The van der Waals surface area contributed by atoms with Gasteiger partial charge < -0.3 is 15.0 Å². The molecule has 2 amide bonds. The Hall–Kier alpha value is -1.10. The number of methoxy groups -OCH3 is 1. The summed E-state index contributed by atoms with van der Waals surface area (Å²) in [7, 11) is 1.70. The lowest BCUT2D eigenvalue weighted by atomic mass is 9.65. The summed E-state index contributed by atoms with van der Waals surface area (Å²) in [5.74, 6) is 0.602. The van der Waals surface area contributed by atoms with Gasteiger partial charge >= 0.3 is 0 Å². The molecule has 1 aliphatic heterocycles. The van der Waals surface area contributed by atoms with Gasteiger partial charge in [-0.15, -0.1) is 0 Å². The van der Waals surface area contributed by atoms with Crippen LogP contribution in [0, 0.1) is 11.3 Å². The number of hydrogen-bond donors (Lipinski definition) is 1. The van der Waals surface area contributed by atoms with Crippen molar-refractivity contribution in [3.05, 3.63) is 0 Å². The van der Waals surface area contributed by atoms with Crippen LogP contribution in [0.5, 0.6) is 0 Å². The summed E-state index contributed by atoms with van der Waals surface area (Å²) in [6.45, 7) is 2.12. The van der Waals surface area contributed by atoms with Crippen molar-refractivity contribution in [1.82, 2.24) is 10.2 Å². The zero-order valence-electron chi connectivity index (χ0n) is 13.6. The first kappa shape index (κ1) is 15.8. The highest BCUT2D eigenvalue weighted by molar-refractivity contribution is 5.84. The Morgan fingerprint density at radius 1 is 1.18 bits per heavy atom. The first-order chi connectivity index (χ1) is 10.6. The van der Waals surface area contributed by atoms with Gasteiger partial charge in [-0.3, -0.25) is 9.59 Å². The SMILES string of the molecule is COCCC1(C(=O)N2CCC(C(=O)NC3CC3)CC2)CCC1. The van der Waals surface area contributed by atoms with E-state index in [1.54, 1.807) is 7.11 Å². The highest BCUT2D eigenvalue weighted by Gasteiger charge is 2.46. The first-order valence-electron chi connectivity index (χ1n) is 8.73. The molecule has 2 aliphatic carbocycles. The van der Waals surface area contributed by atoms with Crippen LogP contribution in [-0.4, -0.2) is 49.6 Å². The lowest BCUT2D eigenvalue weighted by Gasteiger charge is -2.45. The van der Waals surface area contributed by atoms with Crippen molar-refractivity contribution in [2.45, 2.75) is 57.4 Å². The Morgan fingerprint density at radius 3 is 2.36 bits per heavy atom. The molecule has 124 valence electrons. The van der Waals surface area contributed by atoms with Crippen LogP contribution >= 0.6 is 0 Å². The Balaban J connectivity index is 1.49. The van der Waals surface area contributed by atoms with Gasteiger partial charge in [0.2, 0.25) is 11.8 Å². The molecule has 5 heteroatoms. The van der Waals surface area contributed by atoms with Crippen molar-refractivity contribution in [1.29, 1.82) is 0 Å². The molecule has 3 rings (SSSR count). The van der Waals surface area contributed by atoms with Gasteiger partial charge in [0.1, 0.15) is 0 Å². The van der Waals surface area contributed by atoms with Crippen molar-refractivity contribution in [2.24, 2.45) is 11.3 Å². The monoisotopic (exact) mass is 308 g/mol. The van der Waals surface area contributed by atoms with E-state index in [2.05, 4.69) is 5.32 Å². The van der Waals surface area contributed by atoms with Crippen molar-refractivity contribution in [3.63, 3.8) is 0 Å². The number of ether oxygens (including phenoxy) is 1. The molecule has 0 aromatic heterocycles. The van der Waals surface area contributed by atoms with Crippen LogP contribution in [-0.2, 0) is 14.3 Å². The van der Waals surface area contributed by atoms with Gasteiger partial charge in [0.25, 0.3) is 0 Å². The number of amides is 2. The Kier molecular flexibility index (Phi) is 4.71. The van der Waals surface area contributed by atoms with E-state index in [4.69, 9.17) is 4.74 Å². The molecule has 0 bridgehead atoms. The van der Waals surface area contributed by atoms with Gasteiger partial charge in [-0.2, -0.15) is 0 Å². The van der Waals surface area contributed by atoms with E-state index >= 15 is 0 Å². The maximum atomic E-state index is 12.8. The summed E-state index contributed by atoms with van der Waals surface area (Å²) in [5, 5.41) is 3.09. The molecule has 1 N–H and O–H groups in total. The first-order valence-corrected chi connectivity index (χ1v) is 8.73. The van der Waals surface area contributed by atoms with Crippen LogP contribution in [0.1, 0.15) is 51.4 Å². The second-order valence-electron chi connectivity index (χ2n) is 7.23. The molecule has 3 fully saturated rings. The zero-order chi connectivity index (χ0) is 15.6. The fraction of sp³-hybridized carbons (Fsp3) is 0.882. The molecule has 1 heterocycles. The molecule has 3 aliphatic rings. The number of hydrogen-bond acceptors (Lipinski definition) is 3. The second kappa shape index (κ2) is 6.57. The minimum Gasteiger partial charge on any atom is -0.385 e. The van der Waals surface area contributed by atoms with Crippen molar-refractivity contribution in [2.75, 3.05) is 26.8 Å². The number of nitrogens with one attached hydrogen (secondary N) is 1. The lowest BCUT2D eigenvalue weighted by Crippen LogP contribution is -2.52. The molecule has 1 saturated heterocycles. The normalized spacial score (nSPS) is 24.7. The average molecular weight is 308 g/mol. The minimum atomic E-state index is -0.168. The zero-order valence-corrected chi connectivity index (χ0v) is 13.6. The second-order valence-corrected chi connectivity index (χ2v) is 7.23. The summed E-state index contributed by atoms with van der Waals surface area (Å²) in [6, 6.07) is 0.430. The fourth-order valence-electron chi connectivity index (χ4n) is 3.70. The molecular weight excluding hydrogens is 280 g/mol. The van der Waals surface area contributed by atoms with E-state index in [1.807, 2.05) is 4.90 Å². The fourth-order valence-corrected chi connectivity index (χ4v) is 3.70. The van der Waals surface area contributed by atoms with Crippen molar-refractivity contribution >= 4 is 11.8 Å². The third-order valence-corrected chi connectivity index (χ3v) is 5.63. The number of nitrogens with zero attached hydrogens (tertiary/aromatic N) is 1. The molecule has 2 saturated carbocycles. The average Bonchev–Trinajstić information content (AvgIpc) is 3.30. The predicted octanol–water partition coefficient (Wildman–Crippen LogP) is 1.71. The van der Waals surface area contributed by atoms with Crippen molar-refractivity contribution in [3.8, 4) is 0 Å². The molecular formula is C17H28N2O3. The molecule has 0 unspecified atom stereocenters. The highest BCUT2D eigenvalue weighted by atomic mass is 16.5. The maximum Gasteiger partial charge on any atom is 0.228 e. The van der Waals surface area contributed by atoms with E-state index in [0.29, 0.717) is 18.6 Å². The van der Waals surface area contributed by atoms with E-state index in [0.717, 1.165) is 64.5 Å². The molecule has 0 aromatic carbocycles. The van der Waals surface area contributed by atoms with Crippen LogP contribution in [0.3, 0.4) is 0 Å². The van der Waals surface area contributed by atoms with Crippen LogP contribution in [0.25, 0.3) is 0 Å². The lowest BCUT2D eigenvalue weighted by molar-refractivity contribution is -0.151. The molecule has 0 aromatic rings. The number of carbonyl (C=O) groups excluding carboxylic acids is 2. The topological polar surface area (TPSA) is 58.6 Å². The highest BCUT2D eigenvalue weighted by Crippen LogP contribution is 2.46. The van der Waals surface area contributed by atoms with Crippen molar-refractivity contribution < 1.29 is 14.3 Å². The Morgan fingerprint density at radius 2 is 1.86 bits per heavy atom. The number of likely N-dealkylation sites (tertiary alicyclic amines) is 1. The van der Waals surface area contributed by atoms with Gasteiger partial charge in [-0.1, -0.05) is 6.42 Å². The van der Waals surface area contributed by atoms with Gasteiger partial charge in [-0.05, 0) is 44.9 Å². The quantitative estimate of drug-likeness (QED) is 0.812.